The molecule has 0 fully saturated rings. The Morgan fingerprint density at radius 1 is 0.278 bits per heavy atom. The molecule has 0 aliphatic carbocycles. The summed E-state index contributed by atoms with van der Waals surface area (Å²) in [6.07, 6.45) is 42.1. The van der Waals surface area contributed by atoms with Gasteiger partial charge in [-0.2, -0.15) is 0 Å². The molecule has 8 heteroatoms. The Kier molecular flexibility index (Phi) is 44.9. The van der Waals surface area contributed by atoms with Crippen molar-refractivity contribution in [3.63, 3.8) is 0 Å². The summed E-state index contributed by atoms with van der Waals surface area (Å²) in [5.41, 5.74) is 10.1. The van der Waals surface area contributed by atoms with E-state index in [4.69, 9.17) is 28.4 Å². The van der Waals surface area contributed by atoms with Crippen molar-refractivity contribution >= 4 is 8.07 Å². The first-order valence-electron chi connectivity index (χ1n) is 37.4. The molecule has 0 radical (unpaired) electrons. The normalized spacial score (nSPS) is 11.3. The predicted molar refractivity (Wildman–Crippen MR) is 388 cm³/mol. The lowest BCUT2D eigenvalue weighted by Gasteiger charge is -2.38. The molecule has 0 saturated carbocycles. The molecule has 1 N–H and O–H groups in total. The van der Waals surface area contributed by atoms with E-state index in [1.165, 1.54) is 154 Å². The van der Waals surface area contributed by atoms with Gasteiger partial charge in [0.2, 0.25) is 0 Å². The maximum absolute atomic E-state index is 10.7. The van der Waals surface area contributed by atoms with Crippen molar-refractivity contribution in [1.29, 1.82) is 0 Å². The van der Waals surface area contributed by atoms with E-state index in [0.717, 1.165) is 116 Å². The van der Waals surface area contributed by atoms with Crippen molar-refractivity contribution in [3.05, 3.63) is 69.8 Å². The highest BCUT2D eigenvalue weighted by Crippen LogP contribution is 2.42. The van der Waals surface area contributed by atoms with E-state index in [2.05, 4.69) is 142 Å². The van der Waals surface area contributed by atoms with Gasteiger partial charge in [-0.05, 0) is 67.3 Å². The van der Waals surface area contributed by atoms with Gasteiger partial charge in [0.1, 0.15) is 42.6 Å². The van der Waals surface area contributed by atoms with Gasteiger partial charge < -0.3 is 33.5 Å². The second kappa shape index (κ2) is 50.8. The number of aliphatic hydroxyl groups excluding tert-OH is 1. The molecule has 0 aliphatic heterocycles. The quantitative estimate of drug-likeness (QED) is 0.0343. The highest BCUT2D eigenvalue weighted by atomic mass is 28.3. The van der Waals surface area contributed by atoms with Gasteiger partial charge in [0, 0.05) is 29.8 Å². The van der Waals surface area contributed by atoms with Gasteiger partial charge in [-0.1, -0.05) is 305 Å². The van der Waals surface area contributed by atoms with Crippen LogP contribution >= 0.6 is 0 Å². The van der Waals surface area contributed by atoms with E-state index in [-0.39, 0.29) is 6.61 Å². The topological polar surface area (TPSA) is 75.6 Å². The molecule has 0 unspecified atom stereocenters. The lowest BCUT2D eigenvalue weighted by atomic mass is 10.0. The third kappa shape index (κ3) is 31.8. The highest BCUT2D eigenvalue weighted by Gasteiger charge is 2.42. The minimum Gasteiger partial charge on any atom is -0.493 e. The van der Waals surface area contributed by atoms with E-state index in [0.29, 0.717) is 84.8 Å². The maximum Gasteiger partial charge on any atom is 0.146 e. The Bertz CT molecular complexity index is 2510. The van der Waals surface area contributed by atoms with E-state index >= 15 is 0 Å². The summed E-state index contributed by atoms with van der Waals surface area (Å²) in [6.45, 7) is 31.2. The van der Waals surface area contributed by atoms with Crippen LogP contribution in [0.2, 0.25) is 16.6 Å². The van der Waals surface area contributed by atoms with Gasteiger partial charge in [0.05, 0.1) is 74.1 Å². The first-order chi connectivity index (χ1) is 43.9. The van der Waals surface area contributed by atoms with E-state index in [1.807, 2.05) is 12.1 Å². The first kappa shape index (κ1) is 79.6. The first-order valence-corrected chi connectivity index (χ1v) is 39.6. The summed E-state index contributed by atoms with van der Waals surface area (Å²) >= 11 is 0. The Morgan fingerprint density at radius 3 is 0.711 bits per heavy atom. The molecular formula is C82H132O7Si. The average Bonchev–Trinajstić information content (AvgIpc) is 0.937. The second-order valence-corrected chi connectivity index (χ2v) is 32.2. The summed E-state index contributed by atoms with van der Waals surface area (Å²) in [7, 11) is -2.09. The molecule has 506 valence electrons. The molecule has 3 aromatic rings. The fraction of sp³-hybridized carbons (Fsp3) is 0.707. The standard InChI is InChI=1S/C82H132O7Si/c1-13-19-25-31-37-43-54-84-77-62-72(51-52-74-64-82(89-59-48-42-36-30-24-18-6)76(67-83)66-81(74)88-58-47-41-35-29-23-17-5)78(85-55-44-38-32-26-20-14-2)61-71(77)49-50-73-63-80(87-57-46-40-34-28-22-16-4)75(53-60-90(68(7)8,69(9)10)70(11)12)65-79(73)86-56-45-39-33-27-21-15-3/h61-66,68-70,83H,13-48,54-59,67H2,1-12H3. The van der Waals surface area contributed by atoms with Crippen molar-refractivity contribution in [2.45, 2.75) is 337 Å². The zero-order chi connectivity index (χ0) is 65.3. The average molecular weight is 1260 g/mol. The molecule has 90 heavy (non-hydrogen) atoms. The highest BCUT2D eigenvalue weighted by molar-refractivity contribution is 6.90. The number of rotatable bonds is 52. The van der Waals surface area contributed by atoms with Gasteiger partial charge in [-0.15, -0.1) is 5.54 Å². The van der Waals surface area contributed by atoms with Crippen molar-refractivity contribution < 1.29 is 33.5 Å². The molecule has 0 aliphatic rings. The fourth-order valence-corrected chi connectivity index (χ4v) is 17.5. The predicted octanol–water partition coefficient (Wildman–Crippen LogP) is 24.0. The van der Waals surface area contributed by atoms with Crippen molar-refractivity contribution in [1.82, 2.24) is 0 Å². The largest absolute Gasteiger partial charge is 0.493 e. The van der Waals surface area contributed by atoms with Crippen LogP contribution < -0.4 is 28.4 Å². The number of unbranched alkanes of at least 4 members (excludes halogenated alkanes) is 30. The van der Waals surface area contributed by atoms with E-state index in [9.17, 15) is 5.11 Å². The van der Waals surface area contributed by atoms with E-state index < -0.39 is 8.07 Å². The molecule has 3 aromatic carbocycles. The Balaban J connectivity index is 2.38. The summed E-state index contributed by atoms with van der Waals surface area (Å²) < 4.78 is 40.5. The summed E-state index contributed by atoms with van der Waals surface area (Å²) in [5, 5.41) is 10.7. The van der Waals surface area contributed by atoms with Crippen molar-refractivity contribution in [2.24, 2.45) is 0 Å². The minimum atomic E-state index is -2.09. The van der Waals surface area contributed by atoms with Crippen molar-refractivity contribution in [3.8, 4) is 69.6 Å². The monoisotopic (exact) mass is 1260 g/mol. The second-order valence-electron chi connectivity index (χ2n) is 26.6. The van der Waals surface area contributed by atoms with Crippen LogP contribution in [0, 0.1) is 35.1 Å². The molecule has 3 rings (SSSR count). The zero-order valence-corrected chi connectivity index (χ0v) is 61.0. The molecule has 7 nitrogen and oxygen atoms in total. The summed E-state index contributed by atoms with van der Waals surface area (Å²) in [6, 6.07) is 12.3. The fourth-order valence-electron chi connectivity index (χ4n) is 12.3. The number of ether oxygens (including phenoxy) is 6. The number of benzene rings is 3. The van der Waals surface area contributed by atoms with E-state index in [1.54, 1.807) is 0 Å². The van der Waals surface area contributed by atoms with Crippen LogP contribution in [0.3, 0.4) is 0 Å². The summed E-state index contributed by atoms with van der Waals surface area (Å²) in [5.74, 6) is 22.5. The van der Waals surface area contributed by atoms with Crippen molar-refractivity contribution in [2.75, 3.05) is 39.6 Å². The van der Waals surface area contributed by atoms with Gasteiger partial charge in [0.25, 0.3) is 0 Å². The van der Waals surface area contributed by atoms with Crippen LogP contribution in [0.15, 0.2) is 36.4 Å². The van der Waals surface area contributed by atoms with Crippen LogP contribution in [-0.2, 0) is 6.61 Å². The number of aliphatic hydroxyl groups is 1. The molecular weight excluding hydrogens is 1120 g/mol. The van der Waals surface area contributed by atoms with Crippen LogP contribution in [0.5, 0.6) is 34.5 Å². The molecule has 0 spiro atoms. The molecule has 0 heterocycles. The SMILES string of the molecule is CCCCCCCCOc1cc(C#Cc2cc(OCCCCCCCC)c(CO)cc2OCCCCCCCC)c(OCCCCCCCC)cc1C#Cc1cc(OCCCCCCCC)c(C#C[Si](C(C)C)(C(C)C)C(C)C)cc1OCCCCCCCC. The molecule has 0 aromatic heterocycles. The molecule has 0 amide bonds. The van der Waals surface area contributed by atoms with Crippen LogP contribution in [0.25, 0.3) is 0 Å². The Labute approximate surface area is 555 Å². The molecule has 0 atom stereocenters. The third-order valence-corrected chi connectivity index (χ3v) is 24.3. The van der Waals surface area contributed by atoms with Gasteiger partial charge in [-0.3, -0.25) is 0 Å². The zero-order valence-electron chi connectivity index (χ0n) is 60.0. The van der Waals surface area contributed by atoms with Gasteiger partial charge in [0.15, 0.2) is 0 Å². The van der Waals surface area contributed by atoms with Gasteiger partial charge >= 0.3 is 0 Å². The van der Waals surface area contributed by atoms with Crippen LogP contribution in [0.4, 0.5) is 0 Å². The Morgan fingerprint density at radius 2 is 0.478 bits per heavy atom. The number of hydrogen-bond donors (Lipinski definition) is 1. The summed E-state index contributed by atoms with van der Waals surface area (Å²) in [4.78, 5) is 0. The van der Waals surface area contributed by atoms with Crippen LogP contribution in [-0.4, -0.2) is 52.8 Å². The smallest absolute Gasteiger partial charge is 0.146 e. The Hall–Kier alpha value is -4.68. The lowest BCUT2D eigenvalue weighted by molar-refractivity contribution is 0.256. The molecule has 0 bridgehead atoms. The van der Waals surface area contributed by atoms with Crippen LogP contribution in [0.1, 0.15) is 348 Å². The maximum atomic E-state index is 10.7. The van der Waals surface area contributed by atoms with Gasteiger partial charge in [-0.25, -0.2) is 0 Å². The lowest BCUT2D eigenvalue weighted by Crippen LogP contribution is -2.43. The third-order valence-electron chi connectivity index (χ3n) is 18.0. The minimum absolute atomic E-state index is 0.152. The number of hydrogen-bond acceptors (Lipinski definition) is 7. The molecule has 0 saturated heterocycles.